The Morgan fingerprint density at radius 2 is 1.85 bits per heavy atom. The number of aliphatic hydroxyl groups is 4. The van der Waals surface area contributed by atoms with E-state index in [1.165, 1.54) is 0 Å². The molecule has 0 bridgehead atoms. The molecule has 2 aliphatic carbocycles. The van der Waals surface area contributed by atoms with Crippen molar-refractivity contribution in [1.29, 1.82) is 0 Å². The minimum Gasteiger partial charge on any atom is -0.456 e. The van der Waals surface area contributed by atoms with E-state index >= 15 is 0 Å². The van der Waals surface area contributed by atoms with E-state index in [0.717, 1.165) is 77.3 Å². The van der Waals surface area contributed by atoms with E-state index < -0.39 is 60.5 Å². The molecule has 52 heavy (non-hydrogen) atoms. The first kappa shape index (κ1) is 40.2. The molecular weight excluding hydrogens is 668 g/mol. The normalized spacial score (nSPS) is 45.1. The second-order valence-electron chi connectivity index (χ2n) is 17.3. The van der Waals surface area contributed by atoms with Crippen LogP contribution in [0.15, 0.2) is 11.6 Å². The Morgan fingerprint density at radius 3 is 2.52 bits per heavy atom. The zero-order valence-electron chi connectivity index (χ0n) is 31.2. The van der Waals surface area contributed by atoms with Crippen LogP contribution in [0.2, 0.25) is 0 Å². The van der Waals surface area contributed by atoms with Crippen molar-refractivity contribution in [3.05, 3.63) is 11.6 Å². The van der Waals surface area contributed by atoms with Crippen LogP contribution in [0.1, 0.15) is 97.3 Å². The molecule has 4 aliphatic heterocycles. The summed E-state index contributed by atoms with van der Waals surface area (Å²) in [5.74, 6) is -1.54. The summed E-state index contributed by atoms with van der Waals surface area (Å²) in [5.41, 5.74) is 11.9. The molecule has 16 unspecified atom stereocenters. The van der Waals surface area contributed by atoms with Crippen LogP contribution in [0, 0.1) is 41.4 Å². The van der Waals surface area contributed by atoms with Gasteiger partial charge in [-0.2, -0.15) is 0 Å². The van der Waals surface area contributed by atoms with Crippen LogP contribution in [0.25, 0.3) is 0 Å². The summed E-state index contributed by atoms with van der Waals surface area (Å²) >= 11 is 0. The number of hydrogen-bond acceptors (Lipinski definition) is 13. The molecule has 10 N–H and O–H groups in total. The van der Waals surface area contributed by atoms with Gasteiger partial charge in [-0.05, 0) is 115 Å². The molecule has 2 saturated carbocycles. The van der Waals surface area contributed by atoms with Crippen LogP contribution in [-0.2, 0) is 23.8 Å². The Morgan fingerprint density at radius 1 is 1.04 bits per heavy atom. The lowest BCUT2D eigenvalue weighted by atomic mass is 9.56. The zero-order valence-corrected chi connectivity index (χ0v) is 31.2. The maximum absolute atomic E-state index is 14.0. The maximum Gasteiger partial charge on any atom is 0.336 e. The van der Waals surface area contributed by atoms with Crippen molar-refractivity contribution in [2.75, 3.05) is 26.3 Å². The molecule has 4 heterocycles. The van der Waals surface area contributed by atoms with Gasteiger partial charge in [0, 0.05) is 18.3 Å². The van der Waals surface area contributed by atoms with E-state index in [2.05, 4.69) is 10.6 Å². The lowest BCUT2D eigenvalue weighted by molar-refractivity contribution is -0.293. The van der Waals surface area contributed by atoms with Crippen molar-refractivity contribution in [2.24, 2.45) is 52.9 Å². The fourth-order valence-corrected chi connectivity index (χ4v) is 10.9. The minimum absolute atomic E-state index is 0.0117. The second-order valence-corrected chi connectivity index (χ2v) is 17.3. The average Bonchev–Trinajstić information content (AvgIpc) is 3.12. The van der Waals surface area contributed by atoms with Crippen molar-refractivity contribution in [3.63, 3.8) is 0 Å². The molecule has 13 heteroatoms. The number of hydrogen-bond donors (Lipinski definition) is 8. The van der Waals surface area contributed by atoms with Crippen LogP contribution in [0.5, 0.6) is 0 Å². The van der Waals surface area contributed by atoms with Gasteiger partial charge in [0.15, 0.2) is 0 Å². The van der Waals surface area contributed by atoms with Gasteiger partial charge >= 0.3 is 5.97 Å². The second kappa shape index (κ2) is 17.5. The summed E-state index contributed by atoms with van der Waals surface area (Å²) in [6.07, 6.45) is 6.81. The quantitative estimate of drug-likeness (QED) is 0.111. The lowest BCUT2D eigenvalue weighted by Gasteiger charge is -2.60. The lowest BCUT2D eigenvalue weighted by Crippen LogP contribution is -2.69. The number of esters is 1. The smallest absolute Gasteiger partial charge is 0.336 e. The highest BCUT2D eigenvalue weighted by molar-refractivity contribution is 5.88. The van der Waals surface area contributed by atoms with E-state index in [9.17, 15) is 30.0 Å². The molecule has 16 atom stereocenters. The number of carbonyl (C=O) groups excluding carboxylic acids is 2. The summed E-state index contributed by atoms with van der Waals surface area (Å²) in [7, 11) is 0. The molecule has 0 amide bonds. The van der Waals surface area contributed by atoms with E-state index in [1.54, 1.807) is 13.0 Å². The Balaban J connectivity index is 1.39. The van der Waals surface area contributed by atoms with Gasteiger partial charge in [-0.25, -0.2) is 4.79 Å². The number of fused-ring (bicyclic) bond motifs is 2. The van der Waals surface area contributed by atoms with E-state index in [-0.39, 0.29) is 66.5 Å². The van der Waals surface area contributed by atoms with Gasteiger partial charge in [-0.15, -0.1) is 0 Å². The summed E-state index contributed by atoms with van der Waals surface area (Å²) in [5, 5.41) is 49.9. The van der Waals surface area contributed by atoms with Gasteiger partial charge in [0.2, 0.25) is 0 Å². The topological polar surface area (TPSA) is 219 Å². The van der Waals surface area contributed by atoms with E-state index in [0.29, 0.717) is 18.8 Å². The number of nitrogens with two attached hydrogens (primary N) is 2. The number of piperidine rings is 2. The summed E-state index contributed by atoms with van der Waals surface area (Å²) < 4.78 is 20.3. The van der Waals surface area contributed by atoms with Gasteiger partial charge < -0.3 is 56.7 Å². The summed E-state index contributed by atoms with van der Waals surface area (Å²) in [4.78, 5) is 27.4. The minimum atomic E-state index is -1.10. The number of aliphatic hydroxyl groups excluding tert-OH is 4. The molecule has 0 spiro atoms. The highest BCUT2D eigenvalue weighted by Crippen LogP contribution is 2.55. The van der Waals surface area contributed by atoms with Crippen LogP contribution in [-0.4, -0.2) is 113 Å². The monoisotopic (exact) mass is 734 g/mol. The predicted molar refractivity (Wildman–Crippen MR) is 193 cm³/mol. The average molecular weight is 735 g/mol. The van der Waals surface area contributed by atoms with Crippen LogP contribution in [0.3, 0.4) is 0 Å². The van der Waals surface area contributed by atoms with Crippen molar-refractivity contribution in [3.8, 4) is 0 Å². The van der Waals surface area contributed by atoms with Gasteiger partial charge in [0.1, 0.15) is 17.5 Å². The highest BCUT2D eigenvalue weighted by atomic mass is 16.6. The number of carbonyl (C=O) groups is 2. The summed E-state index contributed by atoms with van der Waals surface area (Å²) in [6, 6.07) is 0. The first-order valence-corrected chi connectivity index (χ1v) is 20.2. The Hall–Kier alpha value is -1.52. The number of rotatable bonds is 11. The van der Waals surface area contributed by atoms with Crippen molar-refractivity contribution in [1.82, 2.24) is 10.6 Å². The van der Waals surface area contributed by atoms with Crippen LogP contribution in [0.4, 0.5) is 0 Å². The molecular formula is C39H66N4O9. The summed E-state index contributed by atoms with van der Waals surface area (Å²) in [6.45, 7) is 4.49. The third-order valence-electron chi connectivity index (χ3n) is 13.8. The van der Waals surface area contributed by atoms with Crippen LogP contribution >= 0.6 is 0 Å². The van der Waals surface area contributed by atoms with Crippen molar-refractivity contribution in [2.45, 2.75) is 152 Å². The molecule has 0 aromatic rings. The predicted octanol–water partition coefficient (Wildman–Crippen LogP) is 1.23. The Labute approximate surface area is 309 Å². The molecule has 0 radical (unpaired) electrons. The largest absolute Gasteiger partial charge is 0.456 e. The first-order chi connectivity index (χ1) is 24.9. The Kier molecular flexibility index (Phi) is 13.5. The third-order valence-corrected chi connectivity index (χ3v) is 13.8. The van der Waals surface area contributed by atoms with Gasteiger partial charge in [0.05, 0.1) is 67.6 Å². The standard InChI is InChI=1S/C39H66N4O9/c1-3-23(19-44)38(49)51-30-17-28-35(48)34-29(47)16-26(20-45)50-37(34)33(36(28)52-39(30,2)11-9-21-7-8-31(40)43-18-21)27(24-10-12-42-32(41)15-24)14-22-5-4-6-25(46)13-22/h3,21-22,24-28,30-37,42-46,48H,4-20,40-41H2,1-2H3. The van der Waals surface area contributed by atoms with Crippen molar-refractivity contribution < 1.29 is 44.2 Å². The molecule has 0 aromatic carbocycles. The maximum atomic E-state index is 14.0. The number of allylic oxidation sites excluding steroid dienone is 1. The molecule has 6 rings (SSSR count). The molecule has 0 aromatic heterocycles. The highest BCUT2D eigenvalue weighted by Gasteiger charge is 2.63. The number of Topliss-reactive ketones (excluding diaryl/α,β-unsaturated/α-hetero) is 1. The fourth-order valence-electron chi connectivity index (χ4n) is 10.9. The van der Waals surface area contributed by atoms with Gasteiger partial charge in [0.25, 0.3) is 0 Å². The molecule has 6 aliphatic rings. The van der Waals surface area contributed by atoms with Crippen molar-refractivity contribution >= 4 is 11.8 Å². The van der Waals surface area contributed by atoms with Gasteiger partial charge in [-0.1, -0.05) is 18.9 Å². The Bertz CT molecular complexity index is 1250. The van der Waals surface area contributed by atoms with Gasteiger partial charge in [-0.3, -0.25) is 4.79 Å². The molecule has 296 valence electrons. The first-order valence-electron chi connectivity index (χ1n) is 20.2. The number of nitrogens with one attached hydrogen (secondary N) is 2. The fraction of sp³-hybridized carbons (Fsp3) is 0.897. The zero-order chi connectivity index (χ0) is 37.2. The molecule has 6 fully saturated rings. The SMILES string of the molecule is CC=C(CO)C(=O)OC1CC2C(O)C3C(=O)CC(CO)OC3C(C(CC3CCCC(O)C3)C3CCNC(N)C3)C2OC1(C)CCC1CCC(N)NC1. The van der Waals surface area contributed by atoms with E-state index in [4.69, 9.17) is 25.7 Å². The third kappa shape index (κ3) is 8.79. The van der Waals surface area contributed by atoms with Crippen LogP contribution < -0.4 is 22.1 Å². The van der Waals surface area contributed by atoms with E-state index in [1.807, 2.05) is 6.92 Å². The number of ether oxygens (including phenoxy) is 3. The number of ketones is 1. The molecule has 4 saturated heterocycles. The molecule has 13 nitrogen and oxygen atoms in total.